The van der Waals surface area contributed by atoms with Crippen molar-refractivity contribution < 1.29 is 27.4 Å². The lowest BCUT2D eigenvalue weighted by Gasteiger charge is -2.18. The van der Waals surface area contributed by atoms with Crippen molar-refractivity contribution in [2.45, 2.75) is 20.0 Å². The van der Waals surface area contributed by atoms with Crippen LogP contribution in [0.3, 0.4) is 0 Å². The van der Waals surface area contributed by atoms with E-state index in [1.165, 1.54) is 13.8 Å². The van der Waals surface area contributed by atoms with Crippen LogP contribution in [0.2, 0.25) is 10.0 Å². The number of hydrogen-bond acceptors (Lipinski definition) is 5. The van der Waals surface area contributed by atoms with Crippen molar-refractivity contribution in [3.05, 3.63) is 64.9 Å². The zero-order valence-corrected chi connectivity index (χ0v) is 15.5. The van der Waals surface area contributed by atoms with Crippen LogP contribution in [-0.2, 0) is 6.18 Å². The minimum Gasteiger partial charge on any atom is -0.346 e. The number of nitrogens with one attached hydrogen (secondary N) is 1. The summed E-state index contributed by atoms with van der Waals surface area (Å²) in [5.41, 5.74) is -6.04. The maximum atomic E-state index is 14.6. The Morgan fingerprint density at radius 1 is 0.964 bits per heavy atom. The molecule has 0 aliphatic carbocycles. The molecular formula is C15H9Cl2F4N3O4. The van der Waals surface area contributed by atoms with Crippen LogP contribution >= 0.6 is 23.2 Å². The van der Waals surface area contributed by atoms with Gasteiger partial charge in [-0.25, -0.2) is 4.39 Å². The quantitative estimate of drug-likeness (QED) is 0.339. The number of nitro groups is 2. The molecular weight excluding hydrogens is 433 g/mol. The van der Waals surface area contributed by atoms with Crippen molar-refractivity contribution >= 4 is 46.0 Å². The van der Waals surface area contributed by atoms with Gasteiger partial charge in [0.25, 0.3) is 11.4 Å². The molecule has 1 N–H and O–H groups in total. The zero-order valence-electron chi connectivity index (χ0n) is 13.9. The molecule has 2 aromatic rings. The van der Waals surface area contributed by atoms with Gasteiger partial charge in [-0.05, 0) is 19.4 Å². The minimum absolute atomic E-state index is 0.0673. The van der Waals surface area contributed by atoms with Crippen LogP contribution in [0.1, 0.15) is 16.7 Å². The number of nitrogens with zero attached hydrogens (tertiary/aromatic N) is 2. The lowest BCUT2D eigenvalue weighted by atomic mass is 10.1. The van der Waals surface area contributed by atoms with Crippen LogP contribution in [0.25, 0.3) is 0 Å². The van der Waals surface area contributed by atoms with Crippen molar-refractivity contribution in [2.75, 3.05) is 5.32 Å². The molecule has 0 spiro atoms. The van der Waals surface area contributed by atoms with Gasteiger partial charge in [-0.3, -0.25) is 20.2 Å². The van der Waals surface area contributed by atoms with Crippen LogP contribution in [0.5, 0.6) is 0 Å². The number of anilines is 2. The van der Waals surface area contributed by atoms with Gasteiger partial charge in [-0.2, -0.15) is 13.2 Å². The van der Waals surface area contributed by atoms with Gasteiger partial charge in [-0.1, -0.05) is 23.2 Å². The van der Waals surface area contributed by atoms with Crippen LogP contribution in [0.15, 0.2) is 12.1 Å². The van der Waals surface area contributed by atoms with Crippen LogP contribution in [-0.4, -0.2) is 9.85 Å². The molecule has 13 heteroatoms. The summed E-state index contributed by atoms with van der Waals surface area (Å²) in [5.74, 6) is -1.12. The Balaban J connectivity index is 2.87. The topological polar surface area (TPSA) is 98.3 Å². The first-order valence-electron chi connectivity index (χ1n) is 7.22. The van der Waals surface area contributed by atoms with Crippen molar-refractivity contribution in [3.63, 3.8) is 0 Å². The van der Waals surface area contributed by atoms with Crippen molar-refractivity contribution in [2.24, 2.45) is 0 Å². The number of non-ortho nitro benzene ring substituents is 1. The maximum absolute atomic E-state index is 14.6. The first kappa shape index (κ1) is 21.6. The van der Waals surface area contributed by atoms with Gasteiger partial charge in [0, 0.05) is 11.6 Å². The molecule has 0 saturated carbocycles. The highest BCUT2D eigenvalue weighted by atomic mass is 35.5. The number of benzene rings is 2. The molecule has 0 unspecified atom stereocenters. The second-order valence-electron chi connectivity index (χ2n) is 5.59. The normalized spacial score (nSPS) is 11.4. The SMILES string of the molecule is Cc1c(F)c(Nc2c([N+](=O)[O-])cc([N+](=O)[O-])cc2C(F)(F)F)c(Cl)c(C)c1Cl. The van der Waals surface area contributed by atoms with Gasteiger partial charge in [0.15, 0.2) is 5.82 Å². The van der Waals surface area contributed by atoms with Crippen LogP contribution < -0.4 is 5.32 Å². The highest BCUT2D eigenvalue weighted by Crippen LogP contribution is 2.46. The van der Waals surface area contributed by atoms with E-state index in [0.29, 0.717) is 6.07 Å². The summed E-state index contributed by atoms with van der Waals surface area (Å²) in [4.78, 5) is 19.6. The van der Waals surface area contributed by atoms with Gasteiger partial charge in [-0.15, -0.1) is 0 Å². The predicted molar refractivity (Wildman–Crippen MR) is 93.9 cm³/mol. The number of halogens is 6. The van der Waals surface area contributed by atoms with E-state index in [2.05, 4.69) is 0 Å². The summed E-state index contributed by atoms with van der Waals surface area (Å²) in [6.07, 6.45) is -5.22. The molecule has 0 aliphatic heterocycles. The molecule has 2 aromatic carbocycles. The molecule has 0 bridgehead atoms. The summed E-state index contributed by atoms with van der Waals surface area (Å²) < 4.78 is 54.9. The van der Waals surface area contributed by atoms with Gasteiger partial charge >= 0.3 is 6.18 Å². The molecule has 0 aromatic heterocycles. The molecule has 0 fully saturated rings. The third-order valence-corrected chi connectivity index (χ3v) is 4.86. The largest absolute Gasteiger partial charge is 0.418 e. The molecule has 0 amide bonds. The van der Waals surface area contributed by atoms with E-state index in [0.717, 1.165) is 0 Å². The van der Waals surface area contributed by atoms with Gasteiger partial charge in [0.05, 0.1) is 37.2 Å². The maximum Gasteiger partial charge on any atom is 0.418 e. The second kappa shape index (κ2) is 7.40. The summed E-state index contributed by atoms with van der Waals surface area (Å²) >= 11 is 11.8. The second-order valence-corrected chi connectivity index (χ2v) is 6.35. The number of alkyl halides is 3. The predicted octanol–water partition coefficient (Wildman–Crippen LogP) is 6.33. The smallest absolute Gasteiger partial charge is 0.346 e. The Hall–Kier alpha value is -2.66. The van der Waals surface area contributed by atoms with E-state index >= 15 is 0 Å². The molecule has 2 rings (SSSR count). The van der Waals surface area contributed by atoms with Gasteiger partial charge < -0.3 is 5.32 Å². The lowest BCUT2D eigenvalue weighted by molar-refractivity contribution is -0.394. The first-order chi connectivity index (χ1) is 12.8. The highest BCUT2D eigenvalue weighted by Gasteiger charge is 2.40. The summed E-state index contributed by atoms with van der Waals surface area (Å²) in [5, 5.41) is 23.6. The standard InChI is InChI=1S/C15H9Cl2F4N3O4/c1-5-10(16)6(2)12(18)14(11(5)17)22-13-8(15(19,20)21)3-7(23(25)26)4-9(13)24(27)28/h3-4,22H,1-2H3. The molecule has 0 saturated heterocycles. The Kier molecular flexibility index (Phi) is 5.72. The molecule has 0 atom stereocenters. The van der Waals surface area contributed by atoms with E-state index < -0.39 is 55.2 Å². The molecule has 0 radical (unpaired) electrons. The van der Waals surface area contributed by atoms with E-state index in [1.54, 1.807) is 0 Å². The fourth-order valence-corrected chi connectivity index (χ4v) is 2.85. The Labute approximate surface area is 164 Å². The fraction of sp³-hybridized carbons (Fsp3) is 0.200. The highest BCUT2D eigenvalue weighted by molar-refractivity contribution is 6.38. The van der Waals surface area contributed by atoms with E-state index in [-0.39, 0.29) is 22.2 Å². The first-order valence-corrected chi connectivity index (χ1v) is 7.97. The van der Waals surface area contributed by atoms with Gasteiger partial charge in [0.1, 0.15) is 5.69 Å². The zero-order chi connectivity index (χ0) is 21.5. The van der Waals surface area contributed by atoms with Crippen molar-refractivity contribution in [3.8, 4) is 0 Å². The monoisotopic (exact) mass is 441 g/mol. The van der Waals surface area contributed by atoms with Crippen molar-refractivity contribution in [1.82, 2.24) is 0 Å². The Morgan fingerprint density at radius 3 is 2.00 bits per heavy atom. The third-order valence-electron chi connectivity index (χ3n) is 3.82. The van der Waals surface area contributed by atoms with Crippen molar-refractivity contribution in [1.29, 1.82) is 0 Å². The minimum atomic E-state index is -5.22. The average Bonchev–Trinajstić information content (AvgIpc) is 2.60. The summed E-state index contributed by atoms with van der Waals surface area (Å²) in [6, 6.07) is 0.440. The Bertz CT molecular complexity index is 983. The summed E-state index contributed by atoms with van der Waals surface area (Å²) in [6.45, 7) is 2.61. The number of rotatable bonds is 4. The average molecular weight is 442 g/mol. The Morgan fingerprint density at radius 2 is 1.54 bits per heavy atom. The molecule has 7 nitrogen and oxygen atoms in total. The molecule has 150 valence electrons. The summed E-state index contributed by atoms with van der Waals surface area (Å²) in [7, 11) is 0. The van der Waals surface area contributed by atoms with Crippen LogP contribution in [0, 0.1) is 39.9 Å². The van der Waals surface area contributed by atoms with E-state index in [1.807, 2.05) is 5.32 Å². The molecule has 0 aliphatic rings. The molecule has 0 heterocycles. The van der Waals surface area contributed by atoms with E-state index in [4.69, 9.17) is 23.2 Å². The number of nitro benzene ring substituents is 2. The lowest BCUT2D eigenvalue weighted by Crippen LogP contribution is -2.13. The number of hydrogen-bond donors (Lipinski definition) is 1. The van der Waals surface area contributed by atoms with Crippen LogP contribution in [0.4, 0.5) is 40.3 Å². The molecule has 28 heavy (non-hydrogen) atoms. The fourth-order valence-electron chi connectivity index (χ4n) is 2.40. The van der Waals surface area contributed by atoms with Gasteiger partial charge in [0.2, 0.25) is 0 Å². The van der Waals surface area contributed by atoms with E-state index in [9.17, 15) is 37.8 Å². The third kappa shape index (κ3) is 3.80.